The summed E-state index contributed by atoms with van der Waals surface area (Å²) in [7, 11) is 2.13. The van der Waals surface area contributed by atoms with Crippen LogP contribution in [0.5, 0.6) is 0 Å². The minimum Gasteiger partial charge on any atom is -0.369 e. The van der Waals surface area contributed by atoms with Crippen molar-refractivity contribution in [1.82, 2.24) is 24.8 Å². The van der Waals surface area contributed by atoms with Gasteiger partial charge in [0.05, 0.1) is 17.4 Å². The molecule has 2 amide bonds. The Hall–Kier alpha value is -4.18. The zero-order valence-corrected chi connectivity index (χ0v) is 20.0. The van der Waals surface area contributed by atoms with Gasteiger partial charge in [-0.05, 0) is 50.7 Å². The van der Waals surface area contributed by atoms with Crippen molar-refractivity contribution < 1.29 is 9.59 Å². The van der Waals surface area contributed by atoms with Gasteiger partial charge in [-0.1, -0.05) is 17.7 Å². The highest BCUT2D eigenvalue weighted by Crippen LogP contribution is 2.23. The van der Waals surface area contributed by atoms with Gasteiger partial charge in [0.1, 0.15) is 5.69 Å². The first-order chi connectivity index (χ1) is 16.9. The van der Waals surface area contributed by atoms with E-state index in [-0.39, 0.29) is 11.4 Å². The van der Waals surface area contributed by atoms with Crippen molar-refractivity contribution in [3.8, 4) is 0 Å². The van der Waals surface area contributed by atoms with E-state index in [2.05, 4.69) is 47.4 Å². The molecule has 2 aromatic carbocycles. The molecule has 0 unspecified atom stereocenters. The molecule has 0 aliphatic carbocycles. The van der Waals surface area contributed by atoms with E-state index in [4.69, 9.17) is 0 Å². The van der Waals surface area contributed by atoms with Crippen LogP contribution >= 0.6 is 0 Å². The number of nitrogens with one attached hydrogen (secondary N) is 4. The van der Waals surface area contributed by atoms with E-state index in [1.807, 2.05) is 50.2 Å². The number of piperazine rings is 1. The normalized spacial score (nSPS) is 14.3. The SMILES string of the molecule is Cc1ccc(NC(=O)c2nc[nH]c2C(=O)Nc2nc3ccc(N4CCN(C)CC4)cc3[nH]2)c(C)c1. The van der Waals surface area contributed by atoms with Crippen LogP contribution in [0.2, 0.25) is 0 Å². The molecule has 1 aliphatic rings. The molecule has 10 nitrogen and oxygen atoms in total. The Morgan fingerprint density at radius 3 is 2.54 bits per heavy atom. The molecule has 3 heterocycles. The van der Waals surface area contributed by atoms with E-state index in [9.17, 15) is 9.59 Å². The molecule has 2 aromatic heterocycles. The zero-order chi connectivity index (χ0) is 24.5. The fourth-order valence-corrected chi connectivity index (χ4v) is 4.26. The number of aromatic amines is 2. The molecule has 0 bridgehead atoms. The lowest BCUT2D eigenvalue weighted by atomic mass is 10.1. The van der Waals surface area contributed by atoms with Crippen LogP contribution in [0, 0.1) is 13.8 Å². The van der Waals surface area contributed by atoms with Crippen LogP contribution in [-0.4, -0.2) is 69.9 Å². The number of hydrogen-bond donors (Lipinski definition) is 4. The van der Waals surface area contributed by atoms with Crippen molar-refractivity contribution in [3.05, 3.63) is 65.2 Å². The summed E-state index contributed by atoms with van der Waals surface area (Å²) in [6.07, 6.45) is 1.33. The van der Waals surface area contributed by atoms with Gasteiger partial charge >= 0.3 is 0 Å². The molecule has 35 heavy (non-hydrogen) atoms. The lowest BCUT2D eigenvalue weighted by Crippen LogP contribution is -2.44. The second kappa shape index (κ2) is 9.22. The molecule has 1 fully saturated rings. The molecule has 5 rings (SSSR count). The quantitative estimate of drug-likeness (QED) is 0.354. The third-order valence-electron chi connectivity index (χ3n) is 6.28. The largest absolute Gasteiger partial charge is 0.369 e. The highest BCUT2D eigenvalue weighted by Gasteiger charge is 2.22. The summed E-state index contributed by atoms with van der Waals surface area (Å²) in [5.74, 6) is -0.674. The number of carbonyl (C=O) groups excluding carboxylic acids is 2. The fraction of sp³-hybridized carbons (Fsp3) is 0.280. The maximum atomic E-state index is 13.0. The van der Waals surface area contributed by atoms with Gasteiger partial charge in [0.15, 0.2) is 5.69 Å². The van der Waals surface area contributed by atoms with Crippen LogP contribution in [0.15, 0.2) is 42.7 Å². The van der Waals surface area contributed by atoms with Gasteiger partial charge in [0.25, 0.3) is 11.8 Å². The number of carbonyl (C=O) groups is 2. The summed E-state index contributed by atoms with van der Waals surface area (Å²) < 4.78 is 0. The molecule has 1 aliphatic heterocycles. The molecule has 4 N–H and O–H groups in total. The lowest BCUT2D eigenvalue weighted by molar-refractivity contribution is 0.0985. The third-order valence-corrected chi connectivity index (χ3v) is 6.28. The first kappa shape index (κ1) is 22.6. The Morgan fingerprint density at radius 1 is 0.971 bits per heavy atom. The number of amides is 2. The van der Waals surface area contributed by atoms with Crippen molar-refractivity contribution in [2.24, 2.45) is 0 Å². The minimum absolute atomic E-state index is 0.0101. The smallest absolute Gasteiger partial charge is 0.276 e. The summed E-state index contributed by atoms with van der Waals surface area (Å²) in [4.78, 5) is 44.9. The van der Waals surface area contributed by atoms with E-state index in [1.54, 1.807) is 0 Å². The first-order valence-corrected chi connectivity index (χ1v) is 11.5. The zero-order valence-electron chi connectivity index (χ0n) is 20.0. The Labute approximate surface area is 202 Å². The minimum atomic E-state index is -0.508. The maximum absolute atomic E-state index is 13.0. The number of benzene rings is 2. The van der Waals surface area contributed by atoms with E-state index >= 15 is 0 Å². The number of aromatic nitrogens is 4. The average molecular weight is 473 g/mol. The predicted molar refractivity (Wildman–Crippen MR) is 136 cm³/mol. The van der Waals surface area contributed by atoms with Crippen molar-refractivity contribution in [3.63, 3.8) is 0 Å². The number of nitrogens with zero attached hydrogens (tertiary/aromatic N) is 4. The standard InChI is InChI=1S/C25H28N8O2/c1-15-4-6-18(16(2)12-15)28-23(34)21-22(27-14-26-21)24(35)31-25-29-19-7-5-17(13-20(19)30-25)33-10-8-32(3)9-11-33/h4-7,12-14H,8-11H2,1-3H3,(H,26,27)(H,28,34)(H2,29,30,31,35). The summed E-state index contributed by atoms with van der Waals surface area (Å²) in [5.41, 5.74) is 5.46. The van der Waals surface area contributed by atoms with E-state index in [0.717, 1.165) is 54.0 Å². The molecule has 0 radical (unpaired) electrons. The van der Waals surface area contributed by atoms with Crippen molar-refractivity contribution in [1.29, 1.82) is 0 Å². The topological polar surface area (TPSA) is 122 Å². The van der Waals surface area contributed by atoms with E-state index in [0.29, 0.717) is 11.6 Å². The van der Waals surface area contributed by atoms with Crippen LogP contribution in [0.25, 0.3) is 11.0 Å². The van der Waals surface area contributed by atoms with Crippen LogP contribution in [0.4, 0.5) is 17.3 Å². The number of anilines is 3. The molecule has 1 saturated heterocycles. The summed E-state index contributed by atoms with van der Waals surface area (Å²) in [6, 6.07) is 11.8. The number of H-pyrrole nitrogens is 2. The number of imidazole rings is 2. The monoisotopic (exact) mass is 472 g/mol. The maximum Gasteiger partial charge on any atom is 0.276 e. The Morgan fingerprint density at radius 2 is 1.77 bits per heavy atom. The molecule has 4 aromatic rings. The van der Waals surface area contributed by atoms with E-state index < -0.39 is 11.8 Å². The van der Waals surface area contributed by atoms with E-state index in [1.165, 1.54) is 6.33 Å². The summed E-state index contributed by atoms with van der Waals surface area (Å²) in [5, 5.41) is 5.57. The van der Waals surface area contributed by atoms with Crippen molar-refractivity contribution in [2.75, 3.05) is 48.8 Å². The molecule has 0 atom stereocenters. The second-order valence-corrected chi connectivity index (χ2v) is 8.93. The highest BCUT2D eigenvalue weighted by atomic mass is 16.2. The number of fused-ring (bicyclic) bond motifs is 1. The Bertz CT molecular complexity index is 1400. The number of likely N-dealkylation sites (N-methyl/N-ethyl adjacent to an activating group) is 1. The molecule has 0 saturated carbocycles. The van der Waals surface area contributed by atoms with Crippen LogP contribution in [0.3, 0.4) is 0 Å². The number of hydrogen-bond acceptors (Lipinski definition) is 6. The van der Waals surface area contributed by atoms with Gasteiger partial charge in [-0.15, -0.1) is 0 Å². The van der Waals surface area contributed by atoms with Gasteiger partial charge in [0.2, 0.25) is 5.95 Å². The Kier molecular flexibility index (Phi) is 5.96. The third kappa shape index (κ3) is 4.73. The highest BCUT2D eigenvalue weighted by molar-refractivity contribution is 6.13. The second-order valence-electron chi connectivity index (χ2n) is 8.93. The molecule has 10 heteroatoms. The fourth-order valence-electron chi connectivity index (χ4n) is 4.26. The van der Waals surface area contributed by atoms with Crippen molar-refractivity contribution >= 4 is 40.2 Å². The Balaban J connectivity index is 1.30. The summed E-state index contributed by atoms with van der Waals surface area (Å²) >= 11 is 0. The molecular formula is C25H28N8O2. The van der Waals surface area contributed by atoms with Gasteiger partial charge < -0.3 is 25.1 Å². The van der Waals surface area contributed by atoms with Crippen LogP contribution in [0.1, 0.15) is 32.1 Å². The predicted octanol–water partition coefficient (Wildman–Crippen LogP) is 3.16. The van der Waals surface area contributed by atoms with Gasteiger partial charge in [-0.3, -0.25) is 14.9 Å². The van der Waals surface area contributed by atoms with Gasteiger partial charge in [0, 0.05) is 37.6 Å². The molecule has 180 valence electrons. The van der Waals surface area contributed by atoms with Crippen molar-refractivity contribution in [2.45, 2.75) is 13.8 Å². The average Bonchev–Trinajstić information content (AvgIpc) is 3.48. The van der Waals surface area contributed by atoms with Gasteiger partial charge in [-0.2, -0.15) is 0 Å². The van der Waals surface area contributed by atoms with Crippen LogP contribution in [-0.2, 0) is 0 Å². The molecule has 0 spiro atoms. The number of rotatable bonds is 5. The molecular weight excluding hydrogens is 444 g/mol. The first-order valence-electron chi connectivity index (χ1n) is 11.5. The van der Waals surface area contributed by atoms with Gasteiger partial charge in [-0.25, -0.2) is 9.97 Å². The number of aryl methyl sites for hydroxylation is 2. The van der Waals surface area contributed by atoms with Crippen LogP contribution < -0.4 is 15.5 Å². The summed E-state index contributed by atoms with van der Waals surface area (Å²) in [6.45, 7) is 7.87. The lowest BCUT2D eigenvalue weighted by Gasteiger charge is -2.34.